The van der Waals surface area contributed by atoms with Gasteiger partial charge in [-0.1, -0.05) is 11.6 Å². The first kappa shape index (κ1) is 11.6. The van der Waals surface area contributed by atoms with Crippen LogP contribution in [0.1, 0.15) is 0 Å². The zero-order chi connectivity index (χ0) is 13.7. The van der Waals surface area contributed by atoms with Crippen LogP contribution in [0.3, 0.4) is 0 Å². The lowest BCUT2D eigenvalue weighted by molar-refractivity contribution is -0.617. The van der Waals surface area contributed by atoms with Crippen molar-refractivity contribution in [2.75, 3.05) is 0 Å². The monoisotopic (exact) mass is 280 g/mol. The van der Waals surface area contributed by atoms with Crippen LogP contribution in [0.2, 0.25) is 5.02 Å². The number of rotatable bonds is 0. The maximum atomic E-state index is 6.08. The molecule has 4 aromatic rings. The first-order valence-electron chi connectivity index (χ1n) is 6.37. The van der Waals surface area contributed by atoms with Crippen molar-refractivity contribution in [1.29, 1.82) is 0 Å². The molecule has 0 aliphatic rings. The van der Waals surface area contributed by atoms with Crippen LogP contribution in [0.15, 0.2) is 48.7 Å². The second kappa shape index (κ2) is 4.12. The van der Waals surface area contributed by atoms with Crippen LogP contribution in [0, 0.1) is 0 Å². The minimum absolute atomic E-state index is 0.697. The average Bonchev–Trinajstić information content (AvgIpc) is 2.47. The Hall–Kier alpha value is -2.26. The number of benzene rings is 2. The molecule has 2 aromatic carbocycles. The van der Waals surface area contributed by atoms with E-state index in [2.05, 4.69) is 15.6 Å². The zero-order valence-corrected chi connectivity index (χ0v) is 11.6. The Morgan fingerprint density at radius 1 is 1.00 bits per heavy atom. The summed E-state index contributed by atoms with van der Waals surface area (Å²) < 4.78 is 2.14. The quantitative estimate of drug-likeness (QED) is 0.281. The van der Waals surface area contributed by atoms with Gasteiger partial charge in [0, 0.05) is 28.7 Å². The number of fused-ring (bicyclic) bond motifs is 4. The molecule has 4 heteroatoms. The van der Waals surface area contributed by atoms with Gasteiger partial charge in [-0.25, -0.2) is 4.98 Å². The Balaban J connectivity index is 2.29. The maximum absolute atomic E-state index is 6.08. The lowest BCUT2D eigenvalue weighted by Crippen LogP contribution is -2.30. The minimum Gasteiger partial charge on any atom is -0.256 e. The molecule has 0 amide bonds. The van der Waals surface area contributed by atoms with Crippen molar-refractivity contribution in [2.24, 2.45) is 7.05 Å². The molecule has 0 saturated carbocycles. The zero-order valence-electron chi connectivity index (χ0n) is 10.8. The summed E-state index contributed by atoms with van der Waals surface area (Å²) in [6, 6.07) is 13.9. The smallest absolute Gasteiger partial charge is 0.232 e. The van der Waals surface area contributed by atoms with Gasteiger partial charge in [-0.05, 0) is 30.3 Å². The number of hydrogen-bond acceptors (Lipinski definition) is 2. The number of aryl methyl sites for hydroxylation is 1. The van der Waals surface area contributed by atoms with E-state index in [1.165, 1.54) is 0 Å². The maximum Gasteiger partial charge on any atom is 0.232 e. The Bertz CT molecular complexity index is 979. The summed E-state index contributed by atoms with van der Waals surface area (Å²) in [6.45, 7) is 0. The van der Waals surface area contributed by atoms with Gasteiger partial charge in [0.25, 0.3) is 0 Å². The summed E-state index contributed by atoms with van der Waals surface area (Å²) in [5, 5.41) is 1.75. The van der Waals surface area contributed by atoms with Gasteiger partial charge in [-0.15, -0.1) is 0 Å². The van der Waals surface area contributed by atoms with Crippen molar-refractivity contribution in [1.82, 2.24) is 9.97 Å². The molecule has 0 bridgehead atoms. The van der Waals surface area contributed by atoms with E-state index < -0.39 is 0 Å². The summed E-state index contributed by atoms with van der Waals surface area (Å²) in [5.74, 6) is 0. The van der Waals surface area contributed by atoms with Crippen molar-refractivity contribution in [3.63, 3.8) is 0 Å². The number of aromatic nitrogens is 3. The van der Waals surface area contributed by atoms with E-state index in [9.17, 15) is 0 Å². The van der Waals surface area contributed by atoms with E-state index in [0.717, 1.165) is 33.0 Å². The van der Waals surface area contributed by atoms with Crippen molar-refractivity contribution in [3.05, 3.63) is 53.7 Å². The van der Waals surface area contributed by atoms with Crippen molar-refractivity contribution in [3.8, 4) is 0 Å². The Morgan fingerprint density at radius 2 is 1.85 bits per heavy atom. The standard InChI is InChI=1S/C16H11ClN3/c1-20-14-6-4-10(17)9-13(14)19-16-11-3-2-8-18-12(11)5-7-15(16)20/h2-9H,1H3/q+1. The molecule has 2 aromatic heterocycles. The fourth-order valence-electron chi connectivity index (χ4n) is 2.63. The first-order chi connectivity index (χ1) is 9.74. The topological polar surface area (TPSA) is 29.7 Å². The van der Waals surface area contributed by atoms with Crippen LogP contribution in [-0.4, -0.2) is 9.97 Å². The summed E-state index contributed by atoms with van der Waals surface area (Å²) in [7, 11) is 2.04. The van der Waals surface area contributed by atoms with Gasteiger partial charge in [0.2, 0.25) is 11.0 Å². The second-order valence-electron chi connectivity index (χ2n) is 4.81. The highest BCUT2D eigenvalue weighted by atomic mass is 35.5. The number of pyridine rings is 1. The number of hydrogen-bond donors (Lipinski definition) is 0. The average molecular weight is 281 g/mol. The molecule has 0 fully saturated rings. The molecular weight excluding hydrogens is 270 g/mol. The van der Waals surface area contributed by atoms with Crippen molar-refractivity contribution in [2.45, 2.75) is 0 Å². The van der Waals surface area contributed by atoms with Gasteiger partial charge >= 0.3 is 0 Å². The van der Waals surface area contributed by atoms with Gasteiger partial charge in [-0.3, -0.25) is 4.98 Å². The molecule has 0 unspecified atom stereocenters. The number of nitrogens with zero attached hydrogens (tertiary/aromatic N) is 3. The molecule has 20 heavy (non-hydrogen) atoms. The molecule has 3 nitrogen and oxygen atoms in total. The molecular formula is C16H11ClN3+. The van der Waals surface area contributed by atoms with Gasteiger partial charge in [0.15, 0.2) is 0 Å². The Labute approximate surface area is 120 Å². The van der Waals surface area contributed by atoms with Crippen molar-refractivity contribution >= 4 is 44.6 Å². The molecule has 0 N–H and O–H groups in total. The van der Waals surface area contributed by atoms with E-state index >= 15 is 0 Å². The van der Waals surface area contributed by atoms with Crippen LogP contribution >= 0.6 is 11.6 Å². The van der Waals surface area contributed by atoms with Gasteiger partial charge < -0.3 is 0 Å². The molecule has 0 aliphatic carbocycles. The first-order valence-corrected chi connectivity index (χ1v) is 6.74. The fourth-order valence-corrected chi connectivity index (χ4v) is 2.80. The third-order valence-corrected chi connectivity index (χ3v) is 3.86. The van der Waals surface area contributed by atoms with E-state index in [-0.39, 0.29) is 0 Å². The number of halogens is 1. The fraction of sp³-hybridized carbons (Fsp3) is 0.0625. The summed E-state index contributed by atoms with van der Waals surface area (Å²) in [4.78, 5) is 9.17. The molecule has 0 aliphatic heterocycles. The second-order valence-corrected chi connectivity index (χ2v) is 5.24. The molecule has 2 heterocycles. The van der Waals surface area contributed by atoms with Crippen LogP contribution in [-0.2, 0) is 7.05 Å². The molecule has 0 atom stereocenters. The highest BCUT2D eigenvalue weighted by Gasteiger charge is 2.15. The lowest BCUT2D eigenvalue weighted by atomic mass is 10.1. The van der Waals surface area contributed by atoms with Crippen molar-refractivity contribution < 1.29 is 4.57 Å². The predicted molar refractivity (Wildman–Crippen MR) is 80.7 cm³/mol. The molecule has 0 spiro atoms. The third-order valence-electron chi connectivity index (χ3n) is 3.63. The Kier molecular flexibility index (Phi) is 2.38. The molecule has 0 saturated heterocycles. The van der Waals surface area contributed by atoms with Crippen LogP contribution in [0.5, 0.6) is 0 Å². The normalized spacial score (nSPS) is 11.5. The van der Waals surface area contributed by atoms with Gasteiger partial charge in [0.1, 0.15) is 18.1 Å². The summed E-state index contributed by atoms with van der Waals surface area (Å²) in [5.41, 5.74) is 4.94. The Morgan fingerprint density at radius 3 is 2.75 bits per heavy atom. The third kappa shape index (κ3) is 1.57. The highest BCUT2D eigenvalue weighted by molar-refractivity contribution is 6.31. The van der Waals surface area contributed by atoms with Gasteiger partial charge in [0.05, 0.1) is 5.52 Å². The SMILES string of the molecule is C[n+]1c2ccc(Cl)cc2nc2c3cccnc3ccc21. The molecule has 96 valence electrons. The summed E-state index contributed by atoms with van der Waals surface area (Å²) >= 11 is 6.08. The van der Waals surface area contributed by atoms with Gasteiger partial charge in [-0.2, -0.15) is 4.57 Å². The van der Waals surface area contributed by atoms with E-state index in [1.807, 2.05) is 43.4 Å². The highest BCUT2D eigenvalue weighted by Crippen LogP contribution is 2.23. The van der Waals surface area contributed by atoms with E-state index in [4.69, 9.17) is 16.6 Å². The van der Waals surface area contributed by atoms with Crippen LogP contribution in [0.4, 0.5) is 0 Å². The van der Waals surface area contributed by atoms with Crippen LogP contribution < -0.4 is 4.57 Å². The summed E-state index contributed by atoms with van der Waals surface area (Å²) in [6.07, 6.45) is 1.80. The largest absolute Gasteiger partial charge is 0.256 e. The lowest BCUT2D eigenvalue weighted by Gasteiger charge is -2.04. The van der Waals surface area contributed by atoms with Crippen LogP contribution in [0.25, 0.3) is 33.0 Å². The molecule has 0 radical (unpaired) electrons. The van der Waals surface area contributed by atoms with E-state index in [1.54, 1.807) is 6.20 Å². The van der Waals surface area contributed by atoms with E-state index in [0.29, 0.717) is 5.02 Å². The molecule has 4 rings (SSSR count). The predicted octanol–water partition coefficient (Wildman–Crippen LogP) is 3.41. The minimum atomic E-state index is 0.697.